The Morgan fingerprint density at radius 1 is 1.39 bits per heavy atom. The van der Waals surface area contributed by atoms with E-state index in [-0.39, 0.29) is 6.42 Å². The molecule has 6 heteroatoms. The first-order valence-corrected chi connectivity index (χ1v) is 6.20. The van der Waals surface area contributed by atoms with E-state index < -0.39 is 11.4 Å². The summed E-state index contributed by atoms with van der Waals surface area (Å²) in [4.78, 5) is 15.5. The molecule has 0 aromatic carbocycles. The molecule has 0 fully saturated rings. The van der Waals surface area contributed by atoms with E-state index in [0.717, 1.165) is 0 Å². The number of ether oxygens (including phenoxy) is 1. The number of carboxylic acids is 1. The van der Waals surface area contributed by atoms with Gasteiger partial charge in [0.2, 0.25) is 5.89 Å². The lowest BCUT2D eigenvalue weighted by Gasteiger charge is -2.24. The summed E-state index contributed by atoms with van der Waals surface area (Å²) < 4.78 is 10.2. The Balaban J connectivity index is 2.75. The minimum absolute atomic E-state index is 0.258. The molecular formula is C12H20N2O4. The van der Waals surface area contributed by atoms with Gasteiger partial charge in [-0.3, -0.25) is 4.79 Å². The molecule has 18 heavy (non-hydrogen) atoms. The average Bonchev–Trinajstić information content (AvgIpc) is 2.80. The second-order valence-electron chi connectivity index (χ2n) is 4.21. The molecule has 1 aromatic heterocycles. The van der Waals surface area contributed by atoms with Crippen LogP contribution < -0.4 is 0 Å². The van der Waals surface area contributed by atoms with E-state index in [1.54, 1.807) is 0 Å². The fraction of sp³-hybridized carbons (Fsp3) is 0.750. The summed E-state index contributed by atoms with van der Waals surface area (Å²) in [6.07, 6.45) is 1.32. The normalized spacial score (nSPS) is 11.7. The molecule has 0 atom stereocenters. The molecule has 0 saturated carbocycles. The SMILES string of the molecule is CCOCc1noc(CC(CC)(CC)C(=O)O)n1. The Hall–Kier alpha value is -1.43. The Labute approximate surface area is 106 Å². The molecule has 0 aliphatic rings. The molecule has 0 saturated heterocycles. The largest absolute Gasteiger partial charge is 0.481 e. The summed E-state index contributed by atoms with van der Waals surface area (Å²) in [5.41, 5.74) is -0.824. The molecule has 0 amide bonds. The number of rotatable bonds is 8. The van der Waals surface area contributed by atoms with Crippen molar-refractivity contribution >= 4 is 5.97 Å². The molecule has 0 spiro atoms. The molecule has 1 heterocycles. The molecule has 102 valence electrons. The molecular weight excluding hydrogens is 236 g/mol. The van der Waals surface area contributed by atoms with Gasteiger partial charge in [0.1, 0.15) is 6.61 Å². The van der Waals surface area contributed by atoms with E-state index in [0.29, 0.717) is 37.8 Å². The standard InChI is InChI=1S/C12H20N2O4/c1-4-12(5-2,11(15)16)7-10-13-9(14-18-10)8-17-6-3/h4-8H2,1-3H3,(H,15,16). The van der Waals surface area contributed by atoms with Gasteiger partial charge in [-0.15, -0.1) is 0 Å². The highest BCUT2D eigenvalue weighted by molar-refractivity contribution is 5.74. The van der Waals surface area contributed by atoms with Gasteiger partial charge in [-0.05, 0) is 19.8 Å². The highest BCUT2D eigenvalue weighted by Crippen LogP contribution is 2.30. The zero-order chi connectivity index (χ0) is 13.6. The highest BCUT2D eigenvalue weighted by atomic mass is 16.5. The maximum Gasteiger partial charge on any atom is 0.310 e. The summed E-state index contributed by atoms with van der Waals surface area (Å²) in [7, 11) is 0. The summed E-state index contributed by atoms with van der Waals surface area (Å²) >= 11 is 0. The lowest BCUT2D eigenvalue weighted by molar-refractivity contribution is -0.149. The molecule has 1 N–H and O–H groups in total. The van der Waals surface area contributed by atoms with E-state index in [1.807, 2.05) is 20.8 Å². The van der Waals surface area contributed by atoms with Crippen LogP contribution in [0.1, 0.15) is 45.3 Å². The third-order valence-corrected chi connectivity index (χ3v) is 3.24. The molecule has 0 bridgehead atoms. The predicted octanol–water partition coefficient (Wildman–Crippen LogP) is 2.04. The monoisotopic (exact) mass is 256 g/mol. The van der Waals surface area contributed by atoms with Crippen LogP contribution in [0.15, 0.2) is 4.52 Å². The van der Waals surface area contributed by atoms with E-state index in [1.165, 1.54) is 0 Å². The molecule has 0 unspecified atom stereocenters. The third-order valence-electron chi connectivity index (χ3n) is 3.24. The van der Waals surface area contributed by atoms with Gasteiger partial charge in [-0.1, -0.05) is 19.0 Å². The smallest absolute Gasteiger partial charge is 0.310 e. The minimum Gasteiger partial charge on any atom is -0.481 e. The van der Waals surface area contributed by atoms with Crippen LogP contribution in [0, 0.1) is 5.41 Å². The second-order valence-corrected chi connectivity index (χ2v) is 4.21. The molecule has 0 aliphatic heterocycles. The van der Waals surface area contributed by atoms with Gasteiger partial charge >= 0.3 is 5.97 Å². The topological polar surface area (TPSA) is 85.5 Å². The summed E-state index contributed by atoms with van der Waals surface area (Å²) in [6.45, 7) is 6.46. The van der Waals surface area contributed by atoms with Crippen LogP contribution in [0.2, 0.25) is 0 Å². The van der Waals surface area contributed by atoms with E-state index >= 15 is 0 Å². The Bertz CT molecular complexity index is 385. The Morgan fingerprint density at radius 2 is 2.06 bits per heavy atom. The lowest BCUT2D eigenvalue weighted by Crippen LogP contribution is -2.32. The highest BCUT2D eigenvalue weighted by Gasteiger charge is 2.37. The summed E-state index contributed by atoms with van der Waals surface area (Å²) in [5, 5.41) is 13.1. The number of aromatic nitrogens is 2. The summed E-state index contributed by atoms with van der Waals surface area (Å²) in [6, 6.07) is 0. The van der Waals surface area contributed by atoms with Gasteiger partial charge in [0.05, 0.1) is 5.41 Å². The van der Waals surface area contributed by atoms with Crippen LogP contribution >= 0.6 is 0 Å². The van der Waals surface area contributed by atoms with Crippen molar-refractivity contribution < 1.29 is 19.2 Å². The van der Waals surface area contributed by atoms with Crippen molar-refractivity contribution in [1.29, 1.82) is 0 Å². The van der Waals surface area contributed by atoms with E-state index in [2.05, 4.69) is 10.1 Å². The van der Waals surface area contributed by atoms with Gasteiger partial charge in [-0.2, -0.15) is 4.98 Å². The van der Waals surface area contributed by atoms with Crippen LogP contribution in [0.3, 0.4) is 0 Å². The fourth-order valence-electron chi connectivity index (χ4n) is 1.78. The zero-order valence-electron chi connectivity index (χ0n) is 11.1. The van der Waals surface area contributed by atoms with Crippen LogP contribution in [-0.2, 0) is 22.6 Å². The molecule has 6 nitrogen and oxygen atoms in total. The minimum atomic E-state index is -0.824. The van der Waals surface area contributed by atoms with Crippen molar-refractivity contribution in [3.05, 3.63) is 11.7 Å². The maximum atomic E-state index is 11.4. The van der Waals surface area contributed by atoms with Crippen molar-refractivity contribution in [1.82, 2.24) is 10.1 Å². The van der Waals surface area contributed by atoms with Crippen molar-refractivity contribution in [3.63, 3.8) is 0 Å². The first kappa shape index (κ1) is 14.6. The number of aliphatic carboxylic acids is 1. The Kier molecular flexibility index (Phi) is 5.27. The number of nitrogens with zero attached hydrogens (tertiary/aromatic N) is 2. The number of hydrogen-bond acceptors (Lipinski definition) is 5. The van der Waals surface area contributed by atoms with E-state index in [9.17, 15) is 9.90 Å². The predicted molar refractivity (Wildman–Crippen MR) is 64.0 cm³/mol. The number of carboxylic acid groups (broad SMARTS) is 1. The van der Waals surface area contributed by atoms with Crippen LogP contribution in [0.25, 0.3) is 0 Å². The quantitative estimate of drug-likeness (QED) is 0.766. The number of hydrogen-bond donors (Lipinski definition) is 1. The Morgan fingerprint density at radius 3 is 2.56 bits per heavy atom. The van der Waals surface area contributed by atoms with Gasteiger partial charge in [0, 0.05) is 13.0 Å². The zero-order valence-corrected chi connectivity index (χ0v) is 11.1. The summed E-state index contributed by atoms with van der Waals surface area (Å²) in [5.74, 6) is -0.00814. The molecule has 1 aromatic rings. The molecule has 1 rings (SSSR count). The van der Waals surface area contributed by atoms with Crippen molar-refractivity contribution in [3.8, 4) is 0 Å². The van der Waals surface area contributed by atoms with Crippen LogP contribution in [0.5, 0.6) is 0 Å². The maximum absolute atomic E-state index is 11.4. The molecule has 0 radical (unpaired) electrons. The second kappa shape index (κ2) is 6.49. The van der Waals surface area contributed by atoms with Gasteiger partial charge < -0.3 is 14.4 Å². The van der Waals surface area contributed by atoms with Gasteiger partial charge in [0.25, 0.3) is 0 Å². The lowest BCUT2D eigenvalue weighted by atomic mass is 9.79. The van der Waals surface area contributed by atoms with Crippen molar-refractivity contribution in [2.45, 2.75) is 46.6 Å². The fourth-order valence-corrected chi connectivity index (χ4v) is 1.78. The van der Waals surface area contributed by atoms with Crippen LogP contribution in [-0.4, -0.2) is 27.8 Å². The van der Waals surface area contributed by atoms with Crippen molar-refractivity contribution in [2.75, 3.05) is 6.61 Å². The first-order chi connectivity index (χ1) is 8.57. The average molecular weight is 256 g/mol. The third kappa shape index (κ3) is 3.29. The van der Waals surface area contributed by atoms with Crippen LogP contribution in [0.4, 0.5) is 0 Å². The number of carbonyl (C=O) groups is 1. The molecule has 0 aliphatic carbocycles. The van der Waals surface area contributed by atoms with Gasteiger partial charge in [0.15, 0.2) is 5.82 Å². The first-order valence-electron chi connectivity index (χ1n) is 6.20. The van der Waals surface area contributed by atoms with Crippen molar-refractivity contribution in [2.24, 2.45) is 5.41 Å². The van der Waals surface area contributed by atoms with Gasteiger partial charge in [-0.25, -0.2) is 0 Å². The van der Waals surface area contributed by atoms with E-state index in [4.69, 9.17) is 9.26 Å².